The lowest BCUT2D eigenvalue weighted by Gasteiger charge is -2.23. The third kappa shape index (κ3) is 3.43. The molecule has 4 radical (unpaired) electrons. The molecule has 0 saturated carbocycles. The molecular weight excluding hydrogens is 240 g/mol. The summed E-state index contributed by atoms with van der Waals surface area (Å²) in [6.45, 7) is 1.89. The molecule has 0 saturated heterocycles. The van der Waals surface area contributed by atoms with E-state index in [0.29, 0.717) is 0 Å². The van der Waals surface area contributed by atoms with Crippen molar-refractivity contribution in [1.82, 2.24) is 0 Å². The molecule has 0 amide bonds. The van der Waals surface area contributed by atoms with Crippen molar-refractivity contribution in [3.05, 3.63) is 60.6 Å². The van der Waals surface area contributed by atoms with Gasteiger partial charge in [0.1, 0.15) is 0 Å². The Labute approximate surface area is 114 Å². The number of carbonyl (C=O) groups is 2. The van der Waals surface area contributed by atoms with Crippen LogP contribution in [-0.2, 0) is 20.7 Å². The molecule has 98 valence electrons. The number of hydrogen-bond donors (Lipinski definition) is 0. The predicted molar refractivity (Wildman–Crippen MR) is 71.6 cm³/mol. The number of ketones is 1. The molecule has 1 aliphatic rings. The fraction of sp³-hybridized carbons (Fsp3) is 0.250. The molecule has 0 spiro atoms. The smallest absolute Gasteiger partial charge is 0.374 e. The number of carbonyl (C=O) groups excluding carboxylic acids is 2. The van der Waals surface area contributed by atoms with E-state index in [0.717, 1.165) is 24.3 Å². The SMILES string of the molecule is CCOC(=O)C(=O)[CH][CH][C]1[CH]CCc2ccccc21. The number of aryl methyl sites for hydroxylation is 1. The van der Waals surface area contributed by atoms with E-state index in [1.807, 2.05) is 18.2 Å². The van der Waals surface area contributed by atoms with Gasteiger partial charge >= 0.3 is 5.97 Å². The summed E-state index contributed by atoms with van der Waals surface area (Å²) >= 11 is 0. The average Bonchev–Trinajstić information content (AvgIpc) is 2.45. The highest BCUT2D eigenvalue weighted by Gasteiger charge is 2.23. The lowest BCUT2D eigenvalue weighted by atomic mass is 9.80. The van der Waals surface area contributed by atoms with Crippen molar-refractivity contribution in [3.63, 3.8) is 0 Å². The molecule has 1 aliphatic carbocycles. The lowest BCUT2D eigenvalue weighted by molar-refractivity contribution is -0.151. The summed E-state index contributed by atoms with van der Waals surface area (Å²) in [5.41, 5.74) is 2.40. The Bertz CT molecular complexity index is 465. The van der Waals surface area contributed by atoms with Crippen LogP contribution in [0.15, 0.2) is 24.3 Å². The van der Waals surface area contributed by atoms with E-state index in [1.54, 1.807) is 13.3 Å². The molecule has 2 rings (SSSR count). The predicted octanol–water partition coefficient (Wildman–Crippen LogP) is 2.30. The molecule has 0 aliphatic heterocycles. The van der Waals surface area contributed by atoms with Crippen LogP contribution >= 0.6 is 0 Å². The van der Waals surface area contributed by atoms with Crippen LogP contribution in [-0.4, -0.2) is 18.4 Å². The standard InChI is InChI=1S/C16H16O3/c1-2-19-16(18)15(17)11-10-13-8-5-7-12-6-3-4-9-14(12)13/h3-4,6,8-11H,2,5,7H2,1H3. The highest BCUT2D eigenvalue weighted by Crippen LogP contribution is 2.32. The maximum absolute atomic E-state index is 11.5. The molecule has 0 aromatic heterocycles. The molecule has 0 unspecified atom stereocenters. The van der Waals surface area contributed by atoms with Crippen LogP contribution in [0.5, 0.6) is 0 Å². The van der Waals surface area contributed by atoms with Gasteiger partial charge in [0.2, 0.25) is 5.78 Å². The van der Waals surface area contributed by atoms with Crippen LogP contribution in [0.4, 0.5) is 0 Å². The first kappa shape index (κ1) is 13.8. The van der Waals surface area contributed by atoms with E-state index in [-0.39, 0.29) is 6.61 Å². The Hall–Kier alpha value is -1.64. The van der Waals surface area contributed by atoms with Crippen molar-refractivity contribution < 1.29 is 14.3 Å². The van der Waals surface area contributed by atoms with Crippen molar-refractivity contribution >= 4 is 11.8 Å². The van der Waals surface area contributed by atoms with Crippen LogP contribution < -0.4 is 0 Å². The quantitative estimate of drug-likeness (QED) is 0.599. The minimum Gasteiger partial charge on any atom is -0.460 e. The summed E-state index contributed by atoms with van der Waals surface area (Å²) in [7, 11) is 0. The number of rotatable bonds is 5. The van der Waals surface area contributed by atoms with E-state index in [9.17, 15) is 9.59 Å². The van der Waals surface area contributed by atoms with E-state index in [4.69, 9.17) is 0 Å². The van der Waals surface area contributed by atoms with Gasteiger partial charge in [-0.25, -0.2) is 4.79 Å². The number of hydrogen-bond acceptors (Lipinski definition) is 3. The van der Waals surface area contributed by atoms with E-state index in [2.05, 4.69) is 17.2 Å². The first-order valence-corrected chi connectivity index (χ1v) is 6.40. The molecule has 0 heterocycles. The highest BCUT2D eigenvalue weighted by molar-refractivity contribution is 6.37. The third-order valence-electron chi connectivity index (χ3n) is 3.00. The van der Waals surface area contributed by atoms with Gasteiger partial charge in [-0.05, 0) is 43.7 Å². The second-order valence-electron chi connectivity index (χ2n) is 4.27. The molecule has 0 bridgehead atoms. The number of fused-ring (bicyclic) bond motifs is 1. The van der Waals surface area contributed by atoms with Gasteiger partial charge in [-0.3, -0.25) is 4.79 Å². The normalized spacial score (nSPS) is 14.8. The second kappa shape index (κ2) is 6.50. The maximum atomic E-state index is 11.5. The van der Waals surface area contributed by atoms with Crippen molar-refractivity contribution in [2.45, 2.75) is 19.8 Å². The Balaban J connectivity index is 1.94. The first-order chi connectivity index (χ1) is 9.22. The molecule has 0 N–H and O–H groups in total. The second-order valence-corrected chi connectivity index (χ2v) is 4.27. The summed E-state index contributed by atoms with van der Waals surface area (Å²) < 4.78 is 4.65. The fourth-order valence-electron chi connectivity index (χ4n) is 2.11. The average molecular weight is 256 g/mol. The Morgan fingerprint density at radius 3 is 2.89 bits per heavy atom. The summed E-state index contributed by atoms with van der Waals surface area (Å²) in [6.07, 6.45) is 7.02. The third-order valence-corrected chi connectivity index (χ3v) is 3.00. The van der Waals surface area contributed by atoms with E-state index < -0.39 is 11.8 Å². The molecule has 1 aromatic carbocycles. The minimum absolute atomic E-state index is 0.212. The lowest BCUT2D eigenvalue weighted by Crippen LogP contribution is -2.20. The number of benzene rings is 1. The van der Waals surface area contributed by atoms with Crippen LogP contribution in [0.25, 0.3) is 0 Å². The number of ether oxygens (including phenoxy) is 1. The van der Waals surface area contributed by atoms with Gasteiger partial charge in [-0.1, -0.05) is 24.3 Å². The minimum atomic E-state index is -0.802. The van der Waals surface area contributed by atoms with Crippen molar-refractivity contribution in [2.75, 3.05) is 6.61 Å². The van der Waals surface area contributed by atoms with Crippen LogP contribution in [0, 0.1) is 25.2 Å². The summed E-state index contributed by atoms with van der Waals surface area (Å²) in [5, 5.41) is 0. The van der Waals surface area contributed by atoms with E-state index in [1.165, 1.54) is 12.0 Å². The van der Waals surface area contributed by atoms with Gasteiger partial charge in [0.15, 0.2) is 0 Å². The summed E-state index contributed by atoms with van der Waals surface area (Å²) in [6, 6.07) is 8.09. The van der Waals surface area contributed by atoms with Crippen LogP contribution in [0.1, 0.15) is 24.5 Å². The Morgan fingerprint density at radius 1 is 1.32 bits per heavy atom. The first-order valence-electron chi connectivity index (χ1n) is 6.40. The zero-order valence-corrected chi connectivity index (χ0v) is 10.9. The molecular formula is C16H16O3. The topological polar surface area (TPSA) is 43.4 Å². The highest BCUT2D eigenvalue weighted by atomic mass is 16.5. The Morgan fingerprint density at radius 2 is 2.11 bits per heavy atom. The number of Topliss-reactive ketones (excluding diaryl/α,β-unsaturated/α-hetero) is 1. The summed E-state index contributed by atoms with van der Waals surface area (Å²) in [5.74, 6) is -0.436. The monoisotopic (exact) mass is 256 g/mol. The molecule has 0 fully saturated rings. The van der Waals surface area contributed by atoms with Gasteiger partial charge in [0.05, 0.1) is 6.61 Å². The molecule has 19 heavy (non-hydrogen) atoms. The zero-order valence-electron chi connectivity index (χ0n) is 10.9. The van der Waals surface area contributed by atoms with Crippen molar-refractivity contribution in [2.24, 2.45) is 0 Å². The number of esters is 1. The van der Waals surface area contributed by atoms with E-state index >= 15 is 0 Å². The van der Waals surface area contributed by atoms with Gasteiger partial charge < -0.3 is 4.74 Å². The molecule has 1 aromatic rings. The van der Waals surface area contributed by atoms with Gasteiger partial charge in [0, 0.05) is 12.3 Å². The van der Waals surface area contributed by atoms with Gasteiger partial charge in [-0.2, -0.15) is 0 Å². The van der Waals surface area contributed by atoms with Gasteiger partial charge in [0.25, 0.3) is 0 Å². The molecule has 3 nitrogen and oxygen atoms in total. The largest absolute Gasteiger partial charge is 0.460 e. The molecule has 0 atom stereocenters. The van der Waals surface area contributed by atoms with Crippen LogP contribution in [0.2, 0.25) is 0 Å². The van der Waals surface area contributed by atoms with Crippen LogP contribution in [0.3, 0.4) is 0 Å². The summed E-state index contributed by atoms with van der Waals surface area (Å²) in [4.78, 5) is 22.7. The Kier molecular flexibility index (Phi) is 4.72. The molecule has 3 heteroatoms. The maximum Gasteiger partial charge on any atom is 0.374 e. The van der Waals surface area contributed by atoms with Gasteiger partial charge in [-0.15, -0.1) is 0 Å². The van der Waals surface area contributed by atoms with Crippen molar-refractivity contribution in [3.8, 4) is 0 Å². The van der Waals surface area contributed by atoms with Crippen molar-refractivity contribution in [1.29, 1.82) is 0 Å². The fourth-order valence-corrected chi connectivity index (χ4v) is 2.11. The zero-order chi connectivity index (χ0) is 13.7.